The van der Waals surface area contributed by atoms with E-state index in [2.05, 4.69) is 15.0 Å². The number of hydrogen-bond acceptors (Lipinski definition) is 6. The van der Waals surface area contributed by atoms with Gasteiger partial charge in [-0.05, 0) is 6.92 Å². The van der Waals surface area contributed by atoms with E-state index in [1.807, 2.05) is 48.0 Å². The Morgan fingerprint density at radius 2 is 1.93 bits per heavy atom. The fourth-order valence-electron chi connectivity index (χ4n) is 3.28. The molecule has 0 radical (unpaired) electrons. The van der Waals surface area contributed by atoms with Crippen molar-refractivity contribution in [3.8, 4) is 23.0 Å². The average molecular weight is 393 g/mol. The highest BCUT2D eigenvalue weighted by molar-refractivity contribution is 5.67. The number of amides is 1. The average Bonchev–Trinajstić information content (AvgIpc) is 3.26. The van der Waals surface area contributed by atoms with Crippen molar-refractivity contribution in [1.82, 2.24) is 24.4 Å². The lowest BCUT2D eigenvalue weighted by Crippen LogP contribution is -2.42. The highest BCUT2D eigenvalue weighted by atomic mass is 16.6. The summed E-state index contributed by atoms with van der Waals surface area (Å²) in [6, 6.07) is 11.8. The van der Waals surface area contributed by atoms with Crippen LogP contribution >= 0.6 is 0 Å². The van der Waals surface area contributed by atoms with E-state index in [1.165, 1.54) is 6.33 Å². The van der Waals surface area contributed by atoms with Crippen molar-refractivity contribution in [1.29, 1.82) is 0 Å². The van der Waals surface area contributed by atoms with E-state index in [0.717, 1.165) is 24.1 Å². The summed E-state index contributed by atoms with van der Waals surface area (Å²) in [5, 5.41) is 0. The lowest BCUT2D eigenvalue weighted by molar-refractivity contribution is 0.0688. The minimum Gasteiger partial charge on any atom is -0.474 e. The Labute approximate surface area is 169 Å². The summed E-state index contributed by atoms with van der Waals surface area (Å²) in [4.78, 5) is 26.5. The molecule has 0 unspecified atom stereocenters. The molecule has 1 aromatic carbocycles. The van der Waals surface area contributed by atoms with Gasteiger partial charge in [-0.3, -0.25) is 4.57 Å². The van der Waals surface area contributed by atoms with Gasteiger partial charge in [0.05, 0.1) is 12.3 Å². The summed E-state index contributed by atoms with van der Waals surface area (Å²) in [5.74, 6) is 1.20. The second-order valence-corrected chi connectivity index (χ2v) is 6.75. The van der Waals surface area contributed by atoms with E-state index in [-0.39, 0.29) is 12.2 Å². The first-order chi connectivity index (χ1) is 14.2. The SMILES string of the molecule is CCOC(=O)N1CCC(Oc2cc(-n3cnc(-c4ccccc4)c3)ncn2)CC1. The van der Waals surface area contributed by atoms with E-state index in [1.54, 1.807) is 17.3 Å². The zero-order valence-electron chi connectivity index (χ0n) is 16.3. The van der Waals surface area contributed by atoms with Crippen LogP contribution in [0.4, 0.5) is 4.79 Å². The van der Waals surface area contributed by atoms with Crippen molar-refractivity contribution in [2.45, 2.75) is 25.9 Å². The first-order valence-corrected chi connectivity index (χ1v) is 9.73. The van der Waals surface area contributed by atoms with Crippen molar-refractivity contribution < 1.29 is 14.3 Å². The molecule has 1 aliphatic heterocycles. The molecule has 4 rings (SSSR count). The van der Waals surface area contributed by atoms with Crippen molar-refractivity contribution in [2.24, 2.45) is 0 Å². The maximum Gasteiger partial charge on any atom is 0.409 e. The summed E-state index contributed by atoms with van der Waals surface area (Å²) in [5.41, 5.74) is 1.92. The molecule has 3 heterocycles. The molecule has 3 aromatic rings. The predicted octanol–water partition coefficient (Wildman–Crippen LogP) is 3.33. The molecule has 0 spiro atoms. The van der Waals surface area contributed by atoms with Gasteiger partial charge in [-0.25, -0.2) is 19.7 Å². The standard InChI is InChI=1S/C21H23N5O3/c1-2-28-21(27)25-10-8-17(9-11-25)29-20-12-19(22-14-23-20)26-13-18(24-15-26)16-6-4-3-5-7-16/h3-7,12-15,17H,2,8-11H2,1H3. The van der Waals surface area contributed by atoms with Crippen LogP contribution in [0.2, 0.25) is 0 Å². The molecule has 1 amide bonds. The zero-order valence-corrected chi connectivity index (χ0v) is 16.3. The van der Waals surface area contributed by atoms with Crippen LogP contribution in [-0.2, 0) is 4.74 Å². The van der Waals surface area contributed by atoms with Crippen LogP contribution in [0.5, 0.6) is 5.88 Å². The van der Waals surface area contributed by atoms with Gasteiger partial charge < -0.3 is 14.4 Å². The van der Waals surface area contributed by atoms with Crippen molar-refractivity contribution in [2.75, 3.05) is 19.7 Å². The van der Waals surface area contributed by atoms with Crippen LogP contribution in [0.3, 0.4) is 0 Å². The van der Waals surface area contributed by atoms with Gasteiger partial charge in [0.15, 0.2) is 0 Å². The molecular formula is C21H23N5O3. The van der Waals surface area contributed by atoms with Gasteiger partial charge in [0.2, 0.25) is 5.88 Å². The minimum absolute atomic E-state index is 0.00564. The molecule has 8 nitrogen and oxygen atoms in total. The van der Waals surface area contributed by atoms with E-state index in [0.29, 0.717) is 31.4 Å². The molecule has 0 saturated carbocycles. The Balaban J connectivity index is 1.40. The third-order valence-corrected chi connectivity index (χ3v) is 4.80. The van der Waals surface area contributed by atoms with Crippen LogP contribution in [0.15, 0.2) is 55.2 Å². The van der Waals surface area contributed by atoms with E-state index in [9.17, 15) is 4.79 Å². The maximum absolute atomic E-state index is 11.8. The topological polar surface area (TPSA) is 82.4 Å². The van der Waals surface area contributed by atoms with Gasteiger partial charge in [0.25, 0.3) is 0 Å². The highest BCUT2D eigenvalue weighted by Gasteiger charge is 2.25. The lowest BCUT2D eigenvalue weighted by Gasteiger charge is -2.31. The molecule has 0 N–H and O–H groups in total. The Bertz CT molecular complexity index is 952. The number of rotatable bonds is 5. The van der Waals surface area contributed by atoms with E-state index >= 15 is 0 Å². The third-order valence-electron chi connectivity index (χ3n) is 4.80. The number of carbonyl (C=O) groups excluding carboxylic acids is 1. The second-order valence-electron chi connectivity index (χ2n) is 6.75. The predicted molar refractivity (Wildman–Crippen MR) is 107 cm³/mol. The monoisotopic (exact) mass is 393 g/mol. The number of aromatic nitrogens is 4. The number of hydrogen-bond donors (Lipinski definition) is 0. The summed E-state index contributed by atoms with van der Waals surface area (Å²) in [6.07, 6.45) is 6.37. The number of likely N-dealkylation sites (tertiary alicyclic amines) is 1. The Morgan fingerprint density at radius 3 is 2.69 bits per heavy atom. The molecule has 0 bridgehead atoms. The van der Waals surface area contributed by atoms with Gasteiger partial charge in [0, 0.05) is 43.8 Å². The minimum atomic E-state index is -0.260. The van der Waals surface area contributed by atoms with Gasteiger partial charge in [-0.2, -0.15) is 0 Å². The van der Waals surface area contributed by atoms with Gasteiger partial charge in [0.1, 0.15) is 24.6 Å². The number of carbonyl (C=O) groups is 1. The molecule has 8 heteroatoms. The molecular weight excluding hydrogens is 370 g/mol. The molecule has 150 valence electrons. The van der Waals surface area contributed by atoms with Gasteiger partial charge in [-0.15, -0.1) is 0 Å². The van der Waals surface area contributed by atoms with Gasteiger partial charge >= 0.3 is 6.09 Å². The quantitative estimate of drug-likeness (QED) is 0.661. The number of piperidine rings is 1. The Kier molecular flexibility index (Phi) is 5.69. The van der Waals surface area contributed by atoms with Crippen molar-refractivity contribution in [3.63, 3.8) is 0 Å². The van der Waals surface area contributed by atoms with Crippen LogP contribution in [0.25, 0.3) is 17.1 Å². The summed E-state index contributed by atoms with van der Waals surface area (Å²) in [6.45, 7) is 3.43. The van der Waals surface area contributed by atoms with Crippen molar-refractivity contribution in [3.05, 3.63) is 55.2 Å². The zero-order chi connectivity index (χ0) is 20.1. The molecule has 1 fully saturated rings. The first kappa shape index (κ1) is 18.9. The number of nitrogens with zero attached hydrogens (tertiary/aromatic N) is 5. The van der Waals surface area contributed by atoms with Crippen molar-refractivity contribution >= 4 is 6.09 Å². The van der Waals surface area contributed by atoms with E-state index < -0.39 is 0 Å². The maximum atomic E-state index is 11.8. The molecule has 2 aromatic heterocycles. The largest absolute Gasteiger partial charge is 0.474 e. The van der Waals surface area contributed by atoms with Gasteiger partial charge in [-0.1, -0.05) is 30.3 Å². The highest BCUT2D eigenvalue weighted by Crippen LogP contribution is 2.21. The molecule has 1 saturated heterocycles. The summed E-state index contributed by atoms with van der Waals surface area (Å²) < 4.78 is 12.9. The summed E-state index contributed by atoms with van der Waals surface area (Å²) >= 11 is 0. The van der Waals surface area contributed by atoms with Crippen LogP contribution < -0.4 is 4.74 Å². The Hall–Kier alpha value is -3.42. The fraction of sp³-hybridized carbons (Fsp3) is 0.333. The molecule has 1 aliphatic rings. The normalized spacial score (nSPS) is 14.6. The lowest BCUT2D eigenvalue weighted by atomic mass is 10.1. The summed E-state index contributed by atoms with van der Waals surface area (Å²) in [7, 11) is 0. The second kappa shape index (κ2) is 8.72. The molecule has 0 aliphatic carbocycles. The smallest absolute Gasteiger partial charge is 0.409 e. The van der Waals surface area contributed by atoms with E-state index in [4.69, 9.17) is 9.47 Å². The number of imidazole rings is 1. The third kappa shape index (κ3) is 4.53. The molecule has 29 heavy (non-hydrogen) atoms. The van der Waals surface area contributed by atoms with Crippen LogP contribution in [0.1, 0.15) is 19.8 Å². The number of ether oxygens (including phenoxy) is 2. The van der Waals surface area contributed by atoms with Crippen LogP contribution in [0, 0.1) is 0 Å². The number of benzene rings is 1. The molecule has 0 atom stereocenters. The van der Waals surface area contributed by atoms with Crippen LogP contribution in [-0.4, -0.2) is 56.3 Å². The fourth-order valence-corrected chi connectivity index (χ4v) is 3.28. The Morgan fingerprint density at radius 1 is 1.14 bits per heavy atom. The first-order valence-electron chi connectivity index (χ1n) is 9.73.